The lowest BCUT2D eigenvalue weighted by Gasteiger charge is -2.38. The number of nitrogens with one attached hydrogen (secondary N) is 1. The minimum atomic E-state index is -0.0603. The van der Waals surface area contributed by atoms with Gasteiger partial charge < -0.3 is 20.4 Å². The molecule has 3 N–H and O–H groups in total. The van der Waals surface area contributed by atoms with Crippen LogP contribution in [0.4, 0.5) is 0 Å². The van der Waals surface area contributed by atoms with Crippen molar-refractivity contribution in [2.45, 2.75) is 50.2 Å². The number of hydrogen-bond donors (Lipinski definition) is 2. The van der Waals surface area contributed by atoms with Crippen molar-refractivity contribution in [2.75, 3.05) is 20.2 Å². The summed E-state index contributed by atoms with van der Waals surface area (Å²) >= 11 is 0. The van der Waals surface area contributed by atoms with Crippen molar-refractivity contribution in [3.63, 3.8) is 0 Å². The van der Waals surface area contributed by atoms with E-state index in [4.69, 9.17) is 10.5 Å². The summed E-state index contributed by atoms with van der Waals surface area (Å²) in [6.07, 6.45) is 6.03. The van der Waals surface area contributed by atoms with Gasteiger partial charge in [-0.15, -0.1) is 0 Å². The zero-order valence-corrected chi connectivity index (χ0v) is 14.2. The Morgan fingerprint density at radius 2 is 2.04 bits per heavy atom. The zero-order chi connectivity index (χ0) is 17.1. The van der Waals surface area contributed by atoms with Gasteiger partial charge in [-0.1, -0.05) is 0 Å². The number of likely N-dealkylation sites (tertiary alicyclic amines) is 1. The van der Waals surface area contributed by atoms with Gasteiger partial charge in [0.25, 0.3) is 0 Å². The molecule has 2 fully saturated rings. The molecule has 0 spiro atoms. The summed E-state index contributed by atoms with van der Waals surface area (Å²) in [5.41, 5.74) is 7.15. The van der Waals surface area contributed by atoms with E-state index in [2.05, 4.69) is 4.98 Å². The molecule has 132 valence electrons. The molecule has 1 saturated carbocycles. The number of carbonyl (C=O) groups excluding carboxylic acids is 1. The number of H-pyrrole nitrogens is 1. The van der Waals surface area contributed by atoms with Crippen molar-refractivity contribution < 1.29 is 9.53 Å². The number of nitrogens with zero attached hydrogens (tertiary/aromatic N) is 1. The second kappa shape index (κ2) is 7.49. The van der Waals surface area contributed by atoms with Crippen LogP contribution in [0.5, 0.6) is 0 Å². The molecular formula is C18H27N3O3. The van der Waals surface area contributed by atoms with Gasteiger partial charge in [-0.25, -0.2) is 0 Å². The maximum atomic E-state index is 12.8. The van der Waals surface area contributed by atoms with Crippen LogP contribution in [0.3, 0.4) is 0 Å². The molecule has 2 heterocycles. The van der Waals surface area contributed by atoms with Crippen molar-refractivity contribution in [3.8, 4) is 0 Å². The number of rotatable bonds is 3. The van der Waals surface area contributed by atoms with Crippen molar-refractivity contribution in [1.29, 1.82) is 0 Å². The molecule has 1 aliphatic carbocycles. The summed E-state index contributed by atoms with van der Waals surface area (Å²) in [5.74, 6) is 0.634. The fraction of sp³-hybridized carbons (Fsp3) is 0.667. The zero-order valence-electron chi connectivity index (χ0n) is 14.2. The summed E-state index contributed by atoms with van der Waals surface area (Å²) < 4.78 is 5.37. The maximum Gasteiger partial charge on any atom is 0.248 e. The van der Waals surface area contributed by atoms with Crippen LogP contribution in [-0.4, -0.2) is 48.1 Å². The van der Waals surface area contributed by atoms with Crippen LogP contribution in [0.1, 0.15) is 43.6 Å². The Morgan fingerprint density at radius 1 is 1.29 bits per heavy atom. The number of pyridine rings is 1. The second-order valence-electron chi connectivity index (χ2n) is 7.03. The molecule has 6 nitrogen and oxygen atoms in total. The molecule has 1 aromatic heterocycles. The monoisotopic (exact) mass is 333 g/mol. The number of aromatic amines is 1. The summed E-state index contributed by atoms with van der Waals surface area (Å²) in [4.78, 5) is 28.8. The standard InChI is InChI=1S/C18H27N3O3/c1-24-16-3-2-14(10-15(16)19)18(23)21-8-5-12(6-9-21)13-4-7-20-17(22)11-13/h4,7,11-12,14-16H,2-3,5-6,8-10,19H2,1H3,(H,20,22)/t14-,15+,16+/m0/s1. The fourth-order valence-electron chi connectivity index (χ4n) is 4.10. The molecule has 1 aromatic rings. The topological polar surface area (TPSA) is 88.4 Å². The number of hydrogen-bond acceptors (Lipinski definition) is 4. The van der Waals surface area contributed by atoms with Crippen LogP contribution in [0.25, 0.3) is 0 Å². The summed E-state index contributed by atoms with van der Waals surface area (Å²) in [5, 5.41) is 0. The third kappa shape index (κ3) is 3.70. The third-order valence-electron chi connectivity index (χ3n) is 5.56. The van der Waals surface area contributed by atoms with Gasteiger partial charge in [0.1, 0.15) is 0 Å². The second-order valence-corrected chi connectivity index (χ2v) is 7.03. The van der Waals surface area contributed by atoms with Crippen LogP contribution < -0.4 is 11.3 Å². The van der Waals surface area contributed by atoms with Crippen molar-refractivity contribution >= 4 is 5.91 Å². The van der Waals surface area contributed by atoms with Crippen LogP contribution in [0.15, 0.2) is 23.1 Å². The summed E-state index contributed by atoms with van der Waals surface area (Å²) in [6.45, 7) is 1.52. The fourth-order valence-corrected chi connectivity index (χ4v) is 4.10. The molecule has 0 radical (unpaired) electrons. The van der Waals surface area contributed by atoms with Crippen LogP contribution in [0, 0.1) is 5.92 Å². The number of nitrogens with two attached hydrogens (primary N) is 1. The summed E-state index contributed by atoms with van der Waals surface area (Å²) in [7, 11) is 1.69. The van der Waals surface area contributed by atoms with Crippen molar-refractivity contribution in [2.24, 2.45) is 11.7 Å². The highest BCUT2D eigenvalue weighted by Crippen LogP contribution is 2.31. The molecule has 1 amide bonds. The molecule has 0 bridgehead atoms. The number of methoxy groups -OCH3 is 1. The molecule has 24 heavy (non-hydrogen) atoms. The van der Waals surface area contributed by atoms with Gasteiger partial charge >= 0.3 is 0 Å². The highest BCUT2D eigenvalue weighted by atomic mass is 16.5. The van der Waals surface area contributed by atoms with Crippen LogP contribution in [-0.2, 0) is 9.53 Å². The quantitative estimate of drug-likeness (QED) is 0.870. The lowest BCUT2D eigenvalue weighted by atomic mass is 9.82. The van der Waals surface area contributed by atoms with E-state index in [1.807, 2.05) is 11.0 Å². The first-order valence-electron chi connectivity index (χ1n) is 8.84. The van der Waals surface area contributed by atoms with Crippen molar-refractivity contribution in [3.05, 3.63) is 34.2 Å². The lowest BCUT2D eigenvalue weighted by Crippen LogP contribution is -2.48. The molecule has 3 rings (SSSR count). The summed E-state index contributed by atoms with van der Waals surface area (Å²) in [6, 6.07) is 3.59. The van der Waals surface area contributed by atoms with Gasteiger partial charge in [0.2, 0.25) is 11.5 Å². The van der Waals surface area contributed by atoms with E-state index in [9.17, 15) is 9.59 Å². The van der Waals surface area contributed by atoms with E-state index < -0.39 is 0 Å². The Bertz CT molecular complexity index is 622. The highest BCUT2D eigenvalue weighted by molar-refractivity contribution is 5.79. The molecule has 2 aliphatic rings. The Balaban J connectivity index is 1.55. The van der Waals surface area contributed by atoms with E-state index in [0.29, 0.717) is 12.3 Å². The van der Waals surface area contributed by atoms with E-state index in [-0.39, 0.29) is 29.5 Å². The van der Waals surface area contributed by atoms with E-state index in [1.165, 1.54) is 0 Å². The average molecular weight is 333 g/mol. The van der Waals surface area contributed by atoms with Gasteiger partial charge in [0.05, 0.1) is 6.10 Å². The molecule has 0 unspecified atom stereocenters. The number of ether oxygens (including phenoxy) is 1. The SMILES string of the molecule is CO[C@@H]1CC[C@H](C(=O)N2CCC(c3cc[nH]c(=O)c3)CC2)C[C@H]1N. The van der Waals surface area contributed by atoms with E-state index >= 15 is 0 Å². The lowest BCUT2D eigenvalue weighted by molar-refractivity contribution is -0.138. The predicted molar refractivity (Wildman–Crippen MR) is 91.7 cm³/mol. The Labute approximate surface area is 142 Å². The smallest absolute Gasteiger partial charge is 0.248 e. The highest BCUT2D eigenvalue weighted by Gasteiger charge is 2.35. The van der Waals surface area contributed by atoms with Gasteiger partial charge in [0, 0.05) is 44.4 Å². The minimum absolute atomic E-state index is 0.0301. The molecule has 1 aliphatic heterocycles. The number of piperidine rings is 1. The number of amides is 1. The number of aromatic nitrogens is 1. The van der Waals surface area contributed by atoms with Gasteiger partial charge in [0.15, 0.2) is 0 Å². The normalized spacial score (nSPS) is 28.8. The molecule has 1 saturated heterocycles. The molecule has 3 atom stereocenters. The predicted octanol–water partition coefficient (Wildman–Crippen LogP) is 1.22. The molecule has 0 aromatic carbocycles. The van der Waals surface area contributed by atoms with E-state index in [0.717, 1.165) is 44.3 Å². The Morgan fingerprint density at radius 3 is 2.67 bits per heavy atom. The first-order valence-corrected chi connectivity index (χ1v) is 8.84. The third-order valence-corrected chi connectivity index (χ3v) is 5.56. The van der Waals surface area contributed by atoms with Crippen LogP contribution >= 0.6 is 0 Å². The van der Waals surface area contributed by atoms with Gasteiger partial charge in [-0.05, 0) is 49.7 Å². The largest absolute Gasteiger partial charge is 0.380 e. The Kier molecular flexibility index (Phi) is 5.36. The maximum absolute atomic E-state index is 12.8. The molecule has 6 heteroatoms. The average Bonchev–Trinajstić information content (AvgIpc) is 2.61. The first-order chi connectivity index (χ1) is 11.6. The van der Waals surface area contributed by atoms with E-state index in [1.54, 1.807) is 19.4 Å². The van der Waals surface area contributed by atoms with Gasteiger partial charge in [-0.2, -0.15) is 0 Å². The number of carbonyl (C=O) groups is 1. The first kappa shape index (κ1) is 17.2. The van der Waals surface area contributed by atoms with Crippen LogP contribution in [0.2, 0.25) is 0 Å². The minimum Gasteiger partial charge on any atom is -0.380 e. The van der Waals surface area contributed by atoms with Crippen molar-refractivity contribution in [1.82, 2.24) is 9.88 Å². The molecular weight excluding hydrogens is 306 g/mol. The Hall–Kier alpha value is -1.66. The van der Waals surface area contributed by atoms with Gasteiger partial charge in [-0.3, -0.25) is 9.59 Å².